The second kappa shape index (κ2) is 9.56. The molecule has 36 heavy (non-hydrogen) atoms. The Morgan fingerprint density at radius 1 is 1.17 bits per heavy atom. The first-order chi connectivity index (χ1) is 17.4. The number of carbonyl (C=O) groups excluding carboxylic acids is 2. The number of Topliss-reactive ketones (excluding diaryl/α,β-unsaturated/α-hetero) is 1. The molecule has 2 aliphatic rings. The molecule has 1 N–H and O–H groups in total. The van der Waals surface area contributed by atoms with Gasteiger partial charge in [0.1, 0.15) is 5.65 Å². The Labute approximate surface area is 207 Å². The molecule has 1 aliphatic heterocycles. The predicted molar refractivity (Wildman–Crippen MR) is 133 cm³/mol. The first kappa shape index (κ1) is 23.7. The number of anilines is 1. The van der Waals surface area contributed by atoms with Crippen molar-refractivity contribution in [3.8, 4) is 0 Å². The summed E-state index contributed by atoms with van der Waals surface area (Å²) in [5.74, 6) is -0.160. The fourth-order valence-corrected chi connectivity index (χ4v) is 5.23. The maximum atomic E-state index is 13.4. The van der Waals surface area contributed by atoms with Crippen molar-refractivity contribution in [3.05, 3.63) is 51.5 Å². The Balaban J connectivity index is 1.56. The quantitative estimate of drug-likeness (QED) is 0.328. The molecule has 5 rings (SSSR count). The van der Waals surface area contributed by atoms with Crippen molar-refractivity contribution in [2.45, 2.75) is 45.6 Å². The molecule has 1 saturated carbocycles. The van der Waals surface area contributed by atoms with Crippen LogP contribution in [-0.2, 0) is 4.79 Å². The van der Waals surface area contributed by atoms with Crippen molar-refractivity contribution in [1.82, 2.24) is 24.2 Å². The molecule has 11 nitrogen and oxygen atoms in total. The lowest BCUT2D eigenvalue weighted by Crippen LogP contribution is -2.46. The smallest absolute Gasteiger partial charge is 0.263 e. The predicted octanol–water partition coefficient (Wildman–Crippen LogP) is 1.97. The molecule has 3 aromatic rings. The van der Waals surface area contributed by atoms with Crippen LogP contribution in [0.2, 0.25) is 0 Å². The number of hydrogen-bond acceptors (Lipinski definition) is 8. The lowest BCUT2D eigenvalue weighted by Gasteiger charge is -2.34. The van der Waals surface area contributed by atoms with Crippen molar-refractivity contribution in [3.63, 3.8) is 0 Å². The highest BCUT2D eigenvalue weighted by Gasteiger charge is 2.26. The third-order valence-electron chi connectivity index (χ3n) is 7.17. The van der Waals surface area contributed by atoms with E-state index in [1.165, 1.54) is 6.92 Å². The van der Waals surface area contributed by atoms with Gasteiger partial charge < -0.3 is 15.0 Å². The van der Waals surface area contributed by atoms with E-state index < -0.39 is 0 Å². The lowest BCUT2D eigenvalue weighted by molar-refractivity contribution is -0.118. The summed E-state index contributed by atoms with van der Waals surface area (Å²) < 4.78 is 2.56. The minimum Gasteiger partial charge on any atom is -0.427 e. The van der Waals surface area contributed by atoms with Crippen LogP contribution in [-0.4, -0.2) is 67.7 Å². The van der Waals surface area contributed by atoms with E-state index in [0.29, 0.717) is 42.8 Å². The monoisotopic (exact) mass is 491 g/mol. The van der Waals surface area contributed by atoms with Crippen molar-refractivity contribution in [1.29, 1.82) is 0 Å². The molecule has 11 heteroatoms. The van der Waals surface area contributed by atoms with Crippen LogP contribution in [0, 0.1) is 6.92 Å². The second-order valence-electron chi connectivity index (χ2n) is 9.41. The summed E-state index contributed by atoms with van der Waals surface area (Å²) in [4.78, 5) is 53.8. The van der Waals surface area contributed by atoms with Crippen LogP contribution in [0.1, 0.15) is 54.6 Å². The van der Waals surface area contributed by atoms with Crippen LogP contribution >= 0.6 is 0 Å². The number of aryl methyl sites for hydroxylation is 1. The normalized spacial score (nSPS) is 17.2. The SMILES string of the molecule is CC(=O)c1c(C)c2cnc(N=c3ccc(N4CCN(C=O)CC4)cn3O)nc2n(C2CCCC2)c1=O. The first-order valence-electron chi connectivity index (χ1n) is 12.2. The Hall–Kier alpha value is -4.02. The zero-order valence-electron chi connectivity index (χ0n) is 20.4. The van der Waals surface area contributed by atoms with Gasteiger partial charge in [-0.2, -0.15) is 14.7 Å². The second-order valence-corrected chi connectivity index (χ2v) is 9.41. The maximum absolute atomic E-state index is 13.4. The fourth-order valence-electron chi connectivity index (χ4n) is 5.23. The van der Waals surface area contributed by atoms with Crippen molar-refractivity contribution < 1.29 is 14.8 Å². The molecule has 0 bridgehead atoms. The summed E-state index contributed by atoms with van der Waals surface area (Å²) in [5, 5.41) is 11.2. The van der Waals surface area contributed by atoms with Gasteiger partial charge in [-0.25, -0.2) is 4.98 Å². The fraction of sp³-hybridized carbons (Fsp3) is 0.440. The van der Waals surface area contributed by atoms with E-state index in [-0.39, 0.29) is 34.4 Å². The molecule has 0 atom stereocenters. The van der Waals surface area contributed by atoms with Gasteiger partial charge in [-0.05, 0) is 44.4 Å². The number of nitrogens with zero attached hydrogens (tertiary/aromatic N) is 7. The average molecular weight is 492 g/mol. The van der Waals surface area contributed by atoms with Crippen LogP contribution in [0.3, 0.4) is 0 Å². The maximum Gasteiger partial charge on any atom is 0.263 e. The zero-order valence-corrected chi connectivity index (χ0v) is 20.4. The third kappa shape index (κ3) is 4.25. The number of aromatic nitrogens is 4. The molecule has 188 valence electrons. The van der Waals surface area contributed by atoms with Gasteiger partial charge in [0, 0.05) is 43.8 Å². The molecular weight excluding hydrogens is 462 g/mol. The van der Waals surface area contributed by atoms with Gasteiger partial charge in [-0.3, -0.25) is 19.0 Å². The number of pyridine rings is 2. The van der Waals surface area contributed by atoms with Gasteiger partial charge in [-0.1, -0.05) is 12.8 Å². The van der Waals surface area contributed by atoms with E-state index in [9.17, 15) is 19.6 Å². The Kier molecular flexibility index (Phi) is 6.29. The summed E-state index contributed by atoms with van der Waals surface area (Å²) in [6, 6.07) is 3.49. The molecule has 0 spiro atoms. The van der Waals surface area contributed by atoms with Crippen LogP contribution in [0.15, 0.2) is 34.3 Å². The van der Waals surface area contributed by atoms with Gasteiger partial charge in [-0.15, -0.1) is 0 Å². The van der Waals surface area contributed by atoms with E-state index >= 15 is 0 Å². The van der Waals surface area contributed by atoms with Crippen LogP contribution < -0.4 is 15.9 Å². The van der Waals surface area contributed by atoms with Crippen molar-refractivity contribution in [2.75, 3.05) is 31.1 Å². The van der Waals surface area contributed by atoms with Gasteiger partial charge in [0.2, 0.25) is 6.41 Å². The van der Waals surface area contributed by atoms with Crippen LogP contribution in [0.25, 0.3) is 11.0 Å². The average Bonchev–Trinajstić information content (AvgIpc) is 3.39. The highest BCUT2D eigenvalue weighted by molar-refractivity contribution is 5.99. The summed E-state index contributed by atoms with van der Waals surface area (Å²) in [6.45, 7) is 5.74. The molecule has 0 unspecified atom stereocenters. The number of fused-ring (bicyclic) bond motifs is 1. The molecular formula is C25H29N7O4. The van der Waals surface area contributed by atoms with E-state index in [0.717, 1.165) is 42.5 Å². The van der Waals surface area contributed by atoms with Crippen LogP contribution in [0.4, 0.5) is 11.6 Å². The minimum atomic E-state index is -0.319. The van der Waals surface area contributed by atoms with Gasteiger partial charge in [0.25, 0.3) is 11.5 Å². The summed E-state index contributed by atoms with van der Waals surface area (Å²) >= 11 is 0. The van der Waals surface area contributed by atoms with E-state index in [2.05, 4.69) is 19.9 Å². The number of ketones is 1. The first-order valence-corrected chi connectivity index (χ1v) is 12.2. The molecule has 1 amide bonds. The van der Waals surface area contributed by atoms with E-state index in [1.54, 1.807) is 34.9 Å². The lowest BCUT2D eigenvalue weighted by atomic mass is 10.0. The molecule has 4 heterocycles. The van der Waals surface area contributed by atoms with Gasteiger partial charge in [0.05, 0.1) is 17.4 Å². The highest BCUT2D eigenvalue weighted by Crippen LogP contribution is 2.32. The van der Waals surface area contributed by atoms with E-state index in [4.69, 9.17) is 0 Å². The molecule has 0 aromatic carbocycles. The van der Waals surface area contributed by atoms with Gasteiger partial charge in [0.15, 0.2) is 11.3 Å². The summed E-state index contributed by atoms with van der Waals surface area (Å²) in [5.41, 5.74) is 1.93. The molecule has 2 fully saturated rings. The topological polar surface area (TPSA) is 126 Å². The minimum absolute atomic E-state index is 0.0248. The largest absolute Gasteiger partial charge is 0.427 e. The number of hydrogen-bond donors (Lipinski definition) is 1. The zero-order chi connectivity index (χ0) is 25.4. The molecule has 0 radical (unpaired) electrons. The standard InChI is InChI=1S/C25H29N7O4/c1-16-20-13-26-25(28-23(20)32(18-5-3-4-6-18)24(35)22(16)17(2)34)27-21-8-7-19(14-31(21)36)30-11-9-29(15-33)10-12-30/h7-8,13-15,18,36H,3-6,9-12H2,1-2H3. The number of rotatable bonds is 5. The Morgan fingerprint density at radius 2 is 1.89 bits per heavy atom. The number of amides is 1. The molecule has 1 saturated heterocycles. The van der Waals surface area contributed by atoms with Crippen molar-refractivity contribution >= 4 is 34.9 Å². The number of piperazine rings is 1. The van der Waals surface area contributed by atoms with Crippen LogP contribution in [0.5, 0.6) is 0 Å². The number of carbonyl (C=O) groups is 2. The molecule has 3 aromatic heterocycles. The Bertz CT molecular complexity index is 1460. The third-order valence-corrected chi connectivity index (χ3v) is 7.17. The molecule has 1 aliphatic carbocycles. The van der Waals surface area contributed by atoms with Crippen molar-refractivity contribution in [2.24, 2.45) is 4.99 Å². The Morgan fingerprint density at radius 3 is 2.53 bits per heavy atom. The van der Waals surface area contributed by atoms with E-state index in [1.807, 2.05) is 6.07 Å². The summed E-state index contributed by atoms with van der Waals surface area (Å²) in [6.07, 6.45) is 7.75. The highest BCUT2D eigenvalue weighted by atomic mass is 16.5. The summed E-state index contributed by atoms with van der Waals surface area (Å²) in [7, 11) is 0. The van der Waals surface area contributed by atoms with Gasteiger partial charge >= 0.3 is 0 Å².